The third kappa shape index (κ3) is 5.23. The van der Waals surface area contributed by atoms with Crippen molar-refractivity contribution >= 4 is 27.3 Å². The molecule has 2 aromatic carbocycles. The van der Waals surface area contributed by atoms with Gasteiger partial charge in [-0.15, -0.1) is 0 Å². The van der Waals surface area contributed by atoms with Gasteiger partial charge in [-0.3, -0.25) is 9.10 Å². The molecule has 0 atom stereocenters. The topological polar surface area (TPSA) is 75.7 Å². The van der Waals surface area contributed by atoms with Gasteiger partial charge in [0.15, 0.2) is 0 Å². The molecule has 26 heavy (non-hydrogen) atoms. The van der Waals surface area contributed by atoms with E-state index in [9.17, 15) is 13.2 Å². The van der Waals surface area contributed by atoms with Crippen molar-refractivity contribution < 1.29 is 17.9 Å². The zero-order chi connectivity index (χ0) is 19.2. The Morgan fingerprint density at radius 3 is 2.35 bits per heavy atom. The van der Waals surface area contributed by atoms with Gasteiger partial charge in [0.25, 0.3) is 0 Å². The number of methoxy groups -OCH3 is 1. The largest absolute Gasteiger partial charge is 0.497 e. The zero-order valence-electron chi connectivity index (χ0n) is 15.2. The van der Waals surface area contributed by atoms with E-state index >= 15 is 0 Å². The van der Waals surface area contributed by atoms with Crippen LogP contribution in [0.3, 0.4) is 0 Å². The molecule has 0 aliphatic carbocycles. The van der Waals surface area contributed by atoms with Gasteiger partial charge in [-0.1, -0.05) is 25.1 Å². The van der Waals surface area contributed by atoms with Gasteiger partial charge in [-0.2, -0.15) is 0 Å². The number of carbonyl (C=O) groups is 1. The molecule has 1 N–H and O–H groups in total. The Morgan fingerprint density at radius 1 is 1.12 bits per heavy atom. The number of aryl methyl sites for hydroxylation is 1. The summed E-state index contributed by atoms with van der Waals surface area (Å²) in [5.41, 5.74) is 2.29. The van der Waals surface area contributed by atoms with Crippen molar-refractivity contribution in [2.75, 3.05) is 29.5 Å². The Balaban J connectivity index is 2.08. The summed E-state index contributed by atoms with van der Waals surface area (Å²) in [6, 6.07) is 14.3. The fraction of sp³-hybridized carbons (Fsp3) is 0.316. The Hall–Kier alpha value is -2.54. The summed E-state index contributed by atoms with van der Waals surface area (Å²) in [6.45, 7) is 2.07. The van der Waals surface area contributed by atoms with Crippen molar-refractivity contribution in [3.05, 3.63) is 54.1 Å². The van der Waals surface area contributed by atoms with Crippen LogP contribution >= 0.6 is 0 Å². The second-order valence-electron chi connectivity index (χ2n) is 5.84. The lowest BCUT2D eigenvalue weighted by molar-refractivity contribution is -0.116. The SMILES string of the molecule is CCc1ccccc1NC(=O)CCN(c1ccc(OC)cc1)S(C)(=O)=O. The molecule has 0 bridgehead atoms. The number of para-hydroxylation sites is 1. The van der Waals surface area contributed by atoms with Gasteiger partial charge in [-0.25, -0.2) is 8.42 Å². The van der Waals surface area contributed by atoms with E-state index in [0.717, 1.165) is 23.9 Å². The lowest BCUT2D eigenvalue weighted by Crippen LogP contribution is -2.33. The molecule has 0 saturated heterocycles. The monoisotopic (exact) mass is 376 g/mol. The predicted molar refractivity (Wildman–Crippen MR) is 104 cm³/mol. The Labute approximate surface area is 154 Å². The minimum Gasteiger partial charge on any atom is -0.497 e. The van der Waals surface area contributed by atoms with Crippen LogP contribution in [0.1, 0.15) is 18.9 Å². The minimum absolute atomic E-state index is 0.0527. The van der Waals surface area contributed by atoms with Crippen LogP contribution in [0.2, 0.25) is 0 Å². The van der Waals surface area contributed by atoms with Gasteiger partial charge in [0, 0.05) is 18.7 Å². The summed E-state index contributed by atoms with van der Waals surface area (Å²) in [7, 11) is -1.96. The molecule has 140 valence electrons. The number of anilines is 2. The van der Waals surface area contributed by atoms with E-state index in [4.69, 9.17) is 4.74 Å². The molecule has 6 nitrogen and oxygen atoms in total. The van der Waals surface area contributed by atoms with Crippen LogP contribution in [0, 0.1) is 0 Å². The van der Waals surface area contributed by atoms with E-state index < -0.39 is 10.0 Å². The maximum Gasteiger partial charge on any atom is 0.232 e. The molecule has 0 aromatic heterocycles. The molecular formula is C19H24N2O4S. The highest BCUT2D eigenvalue weighted by atomic mass is 32.2. The Morgan fingerprint density at radius 2 is 1.77 bits per heavy atom. The first kappa shape index (κ1) is 19.8. The van der Waals surface area contributed by atoms with Crippen molar-refractivity contribution in [1.29, 1.82) is 0 Å². The van der Waals surface area contributed by atoms with Crippen molar-refractivity contribution in [2.45, 2.75) is 19.8 Å². The molecule has 0 fully saturated rings. The molecule has 7 heteroatoms. The van der Waals surface area contributed by atoms with E-state index in [1.54, 1.807) is 31.4 Å². The molecule has 0 aliphatic heterocycles. The van der Waals surface area contributed by atoms with Crippen molar-refractivity contribution in [1.82, 2.24) is 0 Å². The standard InChI is InChI=1S/C19H24N2O4S/c1-4-15-7-5-6-8-18(15)20-19(22)13-14-21(26(3,23)24)16-9-11-17(25-2)12-10-16/h5-12H,4,13-14H2,1-3H3,(H,20,22). The number of rotatable bonds is 8. The molecule has 0 aliphatic rings. The fourth-order valence-electron chi connectivity index (χ4n) is 2.60. The van der Waals surface area contributed by atoms with Crippen LogP contribution in [0.4, 0.5) is 11.4 Å². The van der Waals surface area contributed by atoms with Crippen LogP contribution in [0.5, 0.6) is 5.75 Å². The first-order valence-electron chi connectivity index (χ1n) is 8.34. The number of carbonyl (C=O) groups excluding carboxylic acids is 1. The van der Waals surface area contributed by atoms with Crippen LogP contribution in [0.25, 0.3) is 0 Å². The molecule has 0 unspecified atom stereocenters. The molecule has 0 radical (unpaired) electrons. The first-order valence-corrected chi connectivity index (χ1v) is 10.2. The van der Waals surface area contributed by atoms with Gasteiger partial charge in [-0.05, 0) is 42.3 Å². The number of ether oxygens (including phenoxy) is 1. The van der Waals surface area contributed by atoms with Gasteiger partial charge in [0.05, 0.1) is 19.1 Å². The quantitative estimate of drug-likeness (QED) is 0.768. The lowest BCUT2D eigenvalue weighted by Gasteiger charge is -2.22. The van der Waals surface area contributed by atoms with E-state index in [2.05, 4.69) is 5.32 Å². The van der Waals surface area contributed by atoms with Crippen LogP contribution < -0.4 is 14.4 Å². The number of hydrogen-bond donors (Lipinski definition) is 1. The molecule has 1 amide bonds. The molecular weight excluding hydrogens is 352 g/mol. The minimum atomic E-state index is -3.51. The van der Waals surface area contributed by atoms with Crippen LogP contribution in [0.15, 0.2) is 48.5 Å². The molecule has 0 saturated carbocycles. The van der Waals surface area contributed by atoms with Gasteiger partial charge < -0.3 is 10.1 Å². The highest BCUT2D eigenvalue weighted by Gasteiger charge is 2.19. The maximum atomic E-state index is 12.3. The summed E-state index contributed by atoms with van der Waals surface area (Å²) in [6.07, 6.45) is 1.98. The molecule has 2 rings (SSSR count). The molecule has 0 spiro atoms. The second kappa shape index (κ2) is 8.71. The summed E-state index contributed by atoms with van der Waals surface area (Å²) >= 11 is 0. The number of nitrogens with zero attached hydrogens (tertiary/aromatic N) is 1. The highest BCUT2D eigenvalue weighted by molar-refractivity contribution is 7.92. The third-order valence-electron chi connectivity index (χ3n) is 3.98. The lowest BCUT2D eigenvalue weighted by atomic mass is 10.1. The summed E-state index contributed by atoms with van der Waals surface area (Å²) in [4.78, 5) is 12.3. The predicted octanol–water partition coefficient (Wildman–Crippen LogP) is 3.05. The number of amides is 1. The van der Waals surface area contributed by atoms with E-state index in [-0.39, 0.29) is 18.9 Å². The van der Waals surface area contributed by atoms with Crippen molar-refractivity contribution in [2.24, 2.45) is 0 Å². The van der Waals surface area contributed by atoms with E-state index in [0.29, 0.717) is 11.4 Å². The van der Waals surface area contributed by atoms with Gasteiger partial charge in [0.2, 0.25) is 15.9 Å². The maximum absolute atomic E-state index is 12.3. The van der Waals surface area contributed by atoms with Crippen molar-refractivity contribution in [3.8, 4) is 5.75 Å². The van der Waals surface area contributed by atoms with Crippen LogP contribution in [-0.2, 0) is 21.2 Å². The van der Waals surface area contributed by atoms with Crippen molar-refractivity contribution in [3.63, 3.8) is 0 Å². The van der Waals surface area contributed by atoms with Crippen LogP contribution in [-0.4, -0.2) is 34.2 Å². The summed E-state index contributed by atoms with van der Waals surface area (Å²) in [5, 5.41) is 2.86. The van der Waals surface area contributed by atoms with E-state index in [1.165, 1.54) is 4.31 Å². The Kier molecular flexibility index (Phi) is 6.63. The highest BCUT2D eigenvalue weighted by Crippen LogP contribution is 2.22. The number of nitrogens with one attached hydrogen (secondary N) is 1. The number of sulfonamides is 1. The smallest absolute Gasteiger partial charge is 0.232 e. The Bertz CT molecular complexity index is 848. The number of hydrogen-bond acceptors (Lipinski definition) is 4. The summed E-state index contributed by atoms with van der Waals surface area (Å²) in [5.74, 6) is 0.407. The fourth-order valence-corrected chi connectivity index (χ4v) is 3.53. The zero-order valence-corrected chi connectivity index (χ0v) is 16.0. The summed E-state index contributed by atoms with van der Waals surface area (Å²) < 4.78 is 30.6. The first-order chi connectivity index (χ1) is 12.3. The number of benzene rings is 2. The average Bonchev–Trinajstić information content (AvgIpc) is 2.61. The van der Waals surface area contributed by atoms with E-state index in [1.807, 2.05) is 31.2 Å². The normalized spacial score (nSPS) is 11.0. The van der Waals surface area contributed by atoms with Gasteiger partial charge in [0.1, 0.15) is 5.75 Å². The van der Waals surface area contributed by atoms with Gasteiger partial charge >= 0.3 is 0 Å². The third-order valence-corrected chi connectivity index (χ3v) is 5.17. The molecule has 2 aromatic rings. The molecule has 0 heterocycles. The average molecular weight is 376 g/mol. The second-order valence-corrected chi connectivity index (χ2v) is 7.75.